The Hall–Kier alpha value is -2.34. The zero-order chi connectivity index (χ0) is 15.9. The lowest BCUT2D eigenvalue weighted by Crippen LogP contribution is -2.14. The van der Waals surface area contributed by atoms with Crippen molar-refractivity contribution in [3.05, 3.63) is 53.4 Å². The molecule has 1 aromatic heterocycles. The molecule has 6 heteroatoms. The Morgan fingerprint density at radius 3 is 2.64 bits per heavy atom. The van der Waals surface area contributed by atoms with Gasteiger partial charge in [0.15, 0.2) is 11.5 Å². The Bertz CT molecular complexity index is 959. The molecule has 0 saturated heterocycles. The Morgan fingerprint density at radius 2 is 1.86 bits per heavy atom. The van der Waals surface area contributed by atoms with Gasteiger partial charge in [0.25, 0.3) is 10.0 Å². The van der Waals surface area contributed by atoms with Crippen LogP contribution in [-0.4, -0.2) is 13.4 Å². The molecule has 0 atom stereocenters. The van der Waals surface area contributed by atoms with E-state index in [0.717, 1.165) is 11.1 Å². The number of fused-ring (bicyclic) bond motifs is 1. The van der Waals surface area contributed by atoms with Gasteiger partial charge in [0, 0.05) is 6.92 Å². The first-order valence-corrected chi connectivity index (χ1v) is 8.31. The van der Waals surface area contributed by atoms with Gasteiger partial charge in [-0.15, -0.1) is 0 Å². The molecular weight excluding hydrogens is 300 g/mol. The molecule has 0 aliphatic heterocycles. The fourth-order valence-electron chi connectivity index (χ4n) is 2.25. The van der Waals surface area contributed by atoms with Crippen molar-refractivity contribution in [1.29, 1.82) is 0 Å². The number of hydrogen-bond donors (Lipinski definition) is 1. The van der Waals surface area contributed by atoms with Crippen LogP contribution in [0.2, 0.25) is 0 Å². The third-order valence-corrected chi connectivity index (χ3v) is 4.99. The van der Waals surface area contributed by atoms with E-state index in [-0.39, 0.29) is 4.90 Å². The summed E-state index contributed by atoms with van der Waals surface area (Å²) in [7, 11) is -3.67. The number of nitrogens with zero attached hydrogens (tertiary/aromatic N) is 1. The van der Waals surface area contributed by atoms with Gasteiger partial charge < -0.3 is 4.42 Å². The van der Waals surface area contributed by atoms with E-state index >= 15 is 0 Å². The zero-order valence-corrected chi connectivity index (χ0v) is 13.4. The summed E-state index contributed by atoms with van der Waals surface area (Å²) in [5.74, 6) is 0.507. The minimum Gasteiger partial charge on any atom is -0.441 e. The van der Waals surface area contributed by atoms with E-state index in [1.165, 1.54) is 12.1 Å². The molecular formula is C16H16N2O3S. The van der Waals surface area contributed by atoms with E-state index < -0.39 is 10.0 Å². The second-order valence-electron chi connectivity index (χ2n) is 5.22. The highest BCUT2D eigenvalue weighted by Crippen LogP contribution is 2.24. The molecule has 0 amide bonds. The molecule has 0 aliphatic carbocycles. The average Bonchev–Trinajstić information content (AvgIpc) is 2.82. The summed E-state index contributed by atoms with van der Waals surface area (Å²) >= 11 is 0. The second-order valence-corrected chi connectivity index (χ2v) is 6.90. The van der Waals surface area contributed by atoms with Gasteiger partial charge in [-0.1, -0.05) is 12.1 Å². The van der Waals surface area contributed by atoms with Gasteiger partial charge in [0.1, 0.15) is 5.52 Å². The van der Waals surface area contributed by atoms with Crippen LogP contribution in [0.1, 0.15) is 17.0 Å². The van der Waals surface area contributed by atoms with Crippen LogP contribution in [0.5, 0.6) is 0 Å². The highest BCUT2D eigenvalue weighted by molar-refractivity contribution is 7.92. The predicted molar refractivity (Wildman–Crippen MR) is 85.5 cm³/mol. The number of aryl methyl sites for hydroxylation is 2. The maximum absolute atomic E-state index is 12.5. The lowest BCUT2D eigenvalue weighted by Gasteiger charge is -2.12. The molecule has 0 fully saturated rings. The van der Waals surface area contributed by atoms with E-state index in [0.29, 0.717) is 22.7 Å². The fourth-order valence-corrected chi connectivity index (χ4v) is 3.40. The van der Waals surface area contributed by atoms with Gasteiger partial charge in [-0.05, 0) is 49.2 Å². The molecule has 5 nitrogen and oxygen atoms in total. The Labute approximate surface area is 129 Å². The highest BCUT2D eigenvalue weighted by Gasteiger charge is 2.17. The largest absolute Gasteiger partial charge is 0.441 e. The number of oxazole rings is 1. The van der Waals surface area contributed by atoms with Gasteiger partial charge in [0.2, 0.25) is 0 Å². The number of rotatable bonds is 3. The van der Waals surface area contributed by atoms with Crippen LogP contribution in [-0.2, 0) is 10.0 Å². The lowest BCUT2D eigenvalue weighted by atomic mass is 10.1. The molecule has 0 radical (unpaired) electrons. The van der Waals surface area contributed by atoms with Crippen molar-refractivity contribution in [2.45, 2.75) is 25.7 Å². The van der Waals surface area contributed by atoms with Crippen molar-refractivity contribution in [3.63, 3.8) is 0 Å². The fraction of sp³-hybridized carbons (Fsp3) is 0.188. The first kappa shape index (κ1) is 14.6. The van der Waals surface area contributed by atoms with Crippen LogP contribution in [0, 0.1) is 20.8 Å². The number of benzene rings is 2. The summed E-state index contributed by atoms with van der Waals surface area (Å²) in [6.45, 7) is 5.55. The molecule has 2 aromatic carbocycles. The molecule has 114 valence electrons. The predicted octanol–water partition coefficient (Wildman–Crippen LogP) is 3.55. The first-order chi connectivity index (χ1) is 10.4. The quantitative estimate of drug-likeness (QED) is 0.802. The van der Waals surface area contributed by atoms with Crippen molar-refractivity contribution in [1.82, 2.24) is 4.98 Å². The summed E-state index contributed by atoms with van der Waals surface area (Å²) in [4.78, 5) is 4.33. The monoisotopic (exact) mass is 316 g/mol. The first-order valence-electron chi connectivity index (χ1n) is 6.83. The van der Waals surface area contributed by atoms with Gasteiger partial charge >= 0.3 is 0 Å². The number of nitrogens with one attached hydrogen (secondary N) is 1. The van der Waals surface area contributed by atoms with Gasteiger partial charge in [-0.25, -0.2) is 13.4 Å². The number of aromatic nitrogens is 1. The number of sulfonamides is 1. The van der Waals surface area contributed by atoms with E-state index in [9.17, 15) is 8.42 Å². The van der Waals surface area contributed by atoms with Crippen LogP contribution in [0.15, 0.2) is 45.7 Å². The highest BCUT2D eigenvalue weighted by atomic mass is 32.2. The van der Waals surface area contributed by atoms with E-state index in [1.54, 1.807) is 19.1 Å². The molecule has 0 saturated carbocycles. The number of hydrogen-bond acceptors (Lipinski definition) is 4. The topological polar surface area (TPSA) is 72.2 Å². The summed E-state index contributed by atoms with van der Waals surface area (Å²) < 4.78 is 33.1. The van der Waals surface area contributed by atoms with Crippen molar-refractivity contribution in [2.75, 3.05) is 4.72 Å². The average molecular weight is 316 g/mol. The second kappa shape index (κ2) is 5.14. The lowest BCUT2D eigenvalue weighted by molar-refractivity contribution is 0.561. The van der Waals surface area contributed by atoms with Crippen molar-refractivity contribution >= 4 is 26.8 Å². The Morgan fingerprint density at radius 1 is 1.09 bits per heavy atom. The molecule has 0 unspecified atom stereocenters. The van der Waals surface area contributed by atoms with Crippen LogP contribution in [0.25, 0.3) is 11.1 Å². The van der Waals surface area contributed by atoms with Crippen LogP contribution >= 0.6 is 0 Å². The molecule has 3 aromatic rings. The maximum Gasteiger partial charge on any atom is 0.261 e. The third kappa shape index (κ3) is 2.57. The molecule has 1 N–H and O–H groups in total. The van der Waals surface area contributed by atoms with Gasteiger partial charge in [0.05, 0.1) is 10.6 Å². The molecule has 0 aliphatic rings. The molecule has 3 rings (SSSR count). The van der Waals surface area contributed by atoms with Crippen LogP contribution in [0.3, 0.4) is 0 Å². The smallest absolute Gasteiger partial charge is 0.261 e. The Kier molecular flexibility index (Phi) is 3.41. The van der Waals surface area contributed by atoms with E-state index in [1.807, 2.05) is 26.0 Å². The van der Waals surface area contributed by atoms with E-state index in [2.05, 4.69) is 9.71 Å². The summed E-state index contributed by atoms with van der Waals surface area (Å²) in [6, 6.07) is 10.2. The molecule has 1 heterocycles. The molecule has 22 heavy (non-hydrogen) atoms. The number of anilines is 1. The van der Waals surface area contributed by atoms with Gasteiger partial charge in [-0.2, -0.15) is 0 Å². The summed E-state index contributed by atoms with van der Waals surface area (Å²) in [5.41, 5.74) is 3.62. The standard InChI is InChI=1S/C16H16N2O3S/c1-10-5-4-6-14(11(10)2)18-22(19,20)13-7-8-16-15(9-13)17-12(3)21-16/h4-9,18H,1-3H3. The minimum absolute atomic E-state index is 0.161. The molecule has 0 spiro atoms. The zero-order valence-electron chi connectivity index (χ0n) is 12.5. The normalized spacial score (nSPS) is 11.8. The van der Waals surface area contributed by atoms with Gasteiger partial charge in [-0.3, -0.25) is 4.72 Å². The van der Waals surface area contributed by atoms with Crippen LogP contribution in [0.4, 0.5) is 5.69 Å². The molecule has 0 bridgehead atoms. The van der Waals surface area contributed by atoms with Crippen molar-refractivity contribution in [2.24, 2.45) is 0 Å². The maximum atomic E-state index is 12.5. The van der Waals surface area contributed by atoms with Crippen molar-refractivity contribution in [3.8, 4) is 0 Å². The van der Waals surface area contributed by atoms with E-state index in [4.69, 9.17) is 4.42 Å². The Balaban J connectivity index is 2.02. The summed E-state index contributed by atoms with van der Waals surface area (Å²) in [6.07, 6.45) is 0. The SMILES string of the molecule is Cc1nc2cc(S(=O)(=O)Nc3cccc(C)c3C)ccc2o1. The minimum atomic E-state index is -3.67. The van der Waals surface area contributed by atoms with Crippen LogP contribution < -0.4 is 4.72 Å². The summed E-state index contributed by atoms with van der Waals surface area (Å²) in [5, 5.41) is 0. The third-order valence-electron chi connectivity index (χ3n) is 3.63. The van der Waals surface area contributed by atoms with Crippen molar-refractivity contribution < 1.29 is 12.8 Å².